The second kappa shape index (κ2) is 7.41. The average Bonchev–Trinajstić information content (AvgIpc) is 2.81. The highest BCUT2D eigenvalue weighted by atomic mass is 79.9. The fourth-order valence-electron chi connectivity index (χ4n) is 3.14. The zero-order chi connectivity index (χ0) is 19.0. The molecule has 0 fully saturated rings. The summed E-state index contributed by atoms with van der Waals surface area (Å²) in [6.07, 6.45) is 0.611. The van der Waals surface area contributed by atoms with Crippen LogP contribution in [0.2, 0.25) is 5.02 Å². The molecule has 0 saturated carbocycles. The molecule has 2 aromatic carbocycles. The number of carbonyl (C=O) groups is 2. The number of rotatable bonds is 5. The minimum atomic E-state index is -0.482. The number of benzene rings is 2. The summed E-state index contributed by atoms with van der Waals surface area (Å²) in [6.45, 7) is 6.64. The van der Waals surface area contributed by atoms with Gasteiger partial charge >= 0.3 is 0 Å². The van der Waals surface area contributed by atoms with Gasteiger partial charge in [0.1, 0.15) is 5.75 Å². The van der Waals surface area contributed by atoms with Gasteiger partial charge in [0.15, 0.2) is 0 Å². The van der Waals surface area contributed by atoms with E-state index in [2.05, 4.69) is 15.9 Å². The Hall–Kier alpha value is -1.85. The van der Waals surface area contributed by atoms with E-state index in [1.165, 1.54) is 4.90 Å². The highest BCUT2D eigenvalue weighted by Gasteiger charge is 2.37. The summed E-state index contributed by atoms with van der Waals surface area (Å²) in [7, 11) is 0. The Morgan fingerprint density at radius 3 is 2.38 bits per heavy atom. The Labute approximate surface area is 166 Å². The van der Waals surface area contributed by atoms with E-state index in [1.54, 1.807) is 6.07 Å². The van der Waals surface area contributed by atoms with E-state index in [4.69, 9.17) is 16.3 Å². The number of Topliss-reactive ketones (excluding diaryl/α,β-unsaturated/α-hetero) is 1. The van der Waals surface area contributed by atoms with Gasteiger partial charge in [-0.05, 0) is 84.1 Å². The lowest BCUT2D eigenvalue weighted by Crippen LogP contribution is -2.31. The van der Waals surface area contributed by atoms with Crippen LogP contribution in [0.5, 0.6) is 5.75 Å². The van der Waals surface area contributed by atoms with Crippen molar-refractivity contribution in [3.8, 4) is 5.75 Å². The van der Waals surface area contributed by atoms with E-state index in [9.17, 15) is 9.59 Å². The van der Waals surface area contributed by atoms with Crippen LogP contribution in [0.3, 0.4) is 0 Å². The van der Waals surface area contributed by atoms with E-state index < -0.39 is 11.7 Å². The molecule has 0 aliphatic carbocycles. The normalized spacial score (nSPS) is 13.3. The molecule has 1 aliphatic rings. The number of hydrogen-bond acceptors (Lipinski definition) is 3. The van der Waals surface area contributed by atoms with Crippen molar-refractivity contribution in [3.05, 3.63) is 56.0 Å². The highest BCUT2D eigenvalue weighted by Crippen LogP contribution is 2.37. The summed E-state index contributed by atoms with van der Waals surface area (Å²) in [5.74, 6) is -0.177. The summed E-state index contributed by atoms with van der Waals surface area (Å²) in [4.78, 5) is 26.1. The van der Waals surface area contributed by atoms with Crippen molar-refractivity contribution >= 4 is 44.9 Å². The van der Waals surface area contributed by atoms with Gasteiger partial charge in [-0.1, -0.05) is 11.6 Å². The molecule has 136 valence electrons. The first kappa shape index (κ1) is 18.9. The molecule has 0 spiro atoms. The number of anilines is 1. The molecule has 0 bridgehead atoms. The number of carbonyl (C=O) groups excluding carboxylic acids is 2. The highest BCUT2D eigenvalue weighted by molar-refractivity contribution is 9.10. The van der Waals surface area contributed by atoms with Crippen LogP contribution in [-0.2, 0) is 4.79 Å². The minimum absolute atomic E-state index is 0.421. The minimum Gasteiger partial charge on any atom is -0.494 e. The predicted octanol–water partition coefficient (Wildman–Crippen LogP) is 5.03. The SMILES string of the molecule is Cc1cc(Br)c2c(c1)C(=O)C(=O)N2CCCOc1cc(C)c(Cl)c(C)c1. The van der Waals surface area contributed by atoms with Crippen LogP contribution in [0.15, 0.2) is 28.7 Å². The topological polar surface area (TPSA) is 46.6 Å². The van der Waals surface area contributed by atoms with Crippen LogP contribution in [0, 0.1) is 20.8 Å². The van der Waals surface area contributed by atoms with Crippen molar-refractivity contribution in [2.24, 2.45) is 0 Å². The quantitative estimate of drug-likeness (QED) is 0.488. The van der Waals surface area contributed by atoms with Crippen molar-refractivity contribution in [1.82, 2.24) is 0 Å². The summed E-state index contributed by atoms with van der Waals surface area (Å²) in [6, 6.07) is 7.46. The van der Waals surface area contributed by atoms with E-state index in [1.807, 2.05) is 39.0 Å². The van der Waals surface area contributed by atoms with Crippen molar-refractivity contribution < 1.29 is 14.3 Å². The number of nitrogens with zero attached hydrogens (tertiary/aromatic N) is 1. The maximum absolute atomic E-state index is 12.3. The fraction of sp³-hybridized carbons (Fsp3) is 0.300. The number of aryl methyl sites for hydroxylation is 3. The lowest BCUT2D eigenvalue weighted by Gasteiger charge is -2.18. The molecule has 1 amide bonds. The summed E-state index contributed by atoms with van der Waals surface area (Å²) in [5, 5.41) is 0.746. The number of amides is 1. The Kier molecular flexibility index (Phi) is 5.39. The van der Waals surface area contributed by atoms with Crippen molar-refractivity contribution in [2.75, 3.05) is 18.1 Å². The second-order valence-corrected chi connectivity index (χ2v) is 7.73. The van der Waals surface area contributed by atoms with Gasteiger partial charge in [0.05, 0.1) is 17.9 Å². The molecular weight excluding hydrogens is 418 g/mol. The molecule has 0 unspecified atom stereocenters. The maximum atomic E-state index is 12.3. The van der Waals surface area contributed by atoms with Crippen LogP contribution >= 0.6 is 27.5 Å². The third kappa shape index (κ3) is 3.51. The zero-order valence-electron chi connectivity index (χ0n) is 14.9. The molecule has 0 radical (unpaired) electrons. The molecule has 3 rings (SSSR count). The van der Waals surface area contributed by atoms with Crippen molar-refractivity contribution in [1.29, 1.82) is 0 Å². The Bertz CT molecular complexity index is 887. The van der Waals surface area contributed by atoms with Gasteiger partial charge in [-0.2, -0.15) is 0 Å². The Morgan fingerprint density at radius 2 is 1.73 bits per heavy atom. The van der Waals surface area contributed by atoms with Gasteiger partial charge in [0.25, 0.3) is 11.7 Å². The molecule has 0 aromatic heterocycles. The van der Waals surface area contributed by atoms with Gasteiger partial charge < -0.3 is 9.64 Å². The summed E-state index contributed by atoms with van der Waals surface area (Å²) < 4.78 is 6.55. The largest absolute Gasteiger partial charge is 0.494 e. The third-order valence-corrected chi connectivity index (χ3v) is 5.57. The maximum Gasteiger partial charge on any atom is 0.299 e. The van der Waals surface area contributed by atoms with Crippen molar-refractivity contribution in [3.63, 3.8) is 0 Å². The summed E-state index contributed by atoms with van der Waals surface area (Å²) >= 11 is 9.64. The van der Waals surface area contributed by atoms with Gasteiger partial charge in [-0.3, -0.25) is 9.59 Å². The Morgan fingerprint density at radius 1 is 1.08 bits per heavy atom. The molecule has 0 atom stereocenters. The Balaban J connectivity index is 1.66. The van der Waals surface area contributed by atoms with E-state index in [0.717, 1.165) is 31.9 Å². The van der Waals surface area contributed by atoms with Gasteiger partial charge in [-0.15, -0.1) is 0 Å². The molecule has 0 saturated heterocycles. The van der Waals surface area contributed by atoms with Gasteiger partial charge in [-0.25, -0.2) is 0 Å². The van der Waals surface area contributed by atoms with Crippen LogP contribution in [0.1, 0.15) is 33.5 Å². The number of fused-ring (bicyclic) bond motifs is 1. The number of ether oxygens (including phenoxy) is 1. The molecule has 2 aromatic rings. The van der Waals surface area contributed by atoms with E-state index in [0.29, 0.717) is 30.8 Å². The molecule has 0 N–H and O–H groups in total. The molecular formula is C20H19BrClNO3. The lowest BCUT2D eigenvalue weighted by atomic mass is 10.1. The number of ketones is 1. The van der Waals surface area contributed by atoms with E-state index >= 15 is 0 Å². The van der Waals surface area contributed by atoms with E-state index in [-0.39, 0.29) is 0 Å². The van der Waals surface area contributed by atoms with Crippen molar-refractivity contribution in [2.45, 2.75) is 27.2 Å². The third-order valence-electron chi connectivity index (χ3n) is 4.37. The standard InChI is InChI=1S/C20H19BrClNO3/c1-11-7-15-18(16(21)8-11)23(20(25)19(15)24)5-4-6-26-14-9-12(2)17(22)13(3)10-14/h7-10H,4-6H2,1-3H3. The number of halogens is 2. The van der Waals surface area contributed by atoms with Crippen LogP contribution in [-0.4, -0.2) is 24.8 Å². The first-order valence-corrected chi connectivity index (χ1v) is 9.52. The number of hydrogen-bond donors (Lipinski definition) is 0. The summed E-state index contributed by atoms with van der Waals surface area (Å²) in [5.41, 5.74) is 4.00. The molecule has 1 aliphatic heterocycles. The first-order chi connectivity index (χ1) is 12.3. The predicted molar refractivity (Wildman–Crippen MR) is 107 cm³/mol. The monoisotopic (exact) mass is 435 g/mol. The zero-order valence-corrected chi connectivity index (χ0v) is 17.2. The molecule has 1 heterocycles. The first-order valence-electron chi connectivity index (χ1n) is 8.35. The van der Waals surface area contributed by atoms with Gasteiger partial charge in [0, 0.05) is 16.0 Å². The molecule has 4 nitrogen and oxygen atoms in total. The van der Waals surface area contributed by atoms with Crippen LogP contribution in [0.25, 0.3) is 0 Å². The lowest BCUT2D eigenvalue weighted by molar-refractivity contribution is -0.114. The average molecular weight is 437 g/mol. The van der Waals surface area contributed by atoms with Crippen LogP contribution < -0.4 is 9.64 Å². The molecule has 26 heavy (non-hydrogen) atoms. The second-order valence-electron chi connectivity index (χ2n) is 6.50. The van der Waals surface area contributed by atoms with Gasteiger partial charge in [0.2, 0.25) is 0 Å². The molecule has 6 heteroatoms. The fourth-order valence-corrected chi connectivity index (χ4v) is 4.03. The van der Waals surface area contributed by atoms with Crippen LogP contribution in [0.4, 0.5) is 5.69 Å². The smallest absolute Gasteiger partial charge is 0.299 e.